The molecule has 0 saturated heterocycles. The maximum absolute atomic E-state index is 5.86. The molecule has 2 nitrogen and oxygen atoms in total. The molecule has 0 atom stereocenters. The Balaban J connectivity index is 1.54. The van der Waals surface area contributed by atoms with Crippen molar-refractivity contribution in [3.05, 3.63) is 65.7 Å². The van der Waals surface area contributed by atoms with E-state index in [1.807, 2.05) is 18.2 Å². The summed E-state index contributed by atoms with van der Waals surface area (Å²) in [7, 11) is 2.07. The van der Waals surface area contributed by atoms with E-state index in [0.29, 0.717) is 18.6 Å². The third-order valence-electron chi connectivity index (χ3n) is 4.74. The lowest BCUT2D eigenvalue weighted by Crippen LogP contribution is -2.29. The number of nitrogens with one attached hydrogen (secondary N) is 1. The second-order valence-electron chi connectivity index (χ2n) is 6.18. The Morgan fingerprint density at radius 3 is 2.23 bits per heavy atom. The summed E-state index contributed by atoms with van der Waals surface area (Å²) in [5.74, 6) is 1.67. The van der Waals surface area contributed by atoms with Crippen LogP contribution >= 0.6 is 0 Å². The van der Waals surface area contributed by atoms with Crippen molar-refractivity contribution in [2.24, 2.45) is 0 Å². The van der Waals surface area contributed by atoms with E-state index >= 15 is 0 Å². The number of rotatable bonds is 5. The van der Waals surface area contributed by atoms with Crippen LogP contribution in [0.5, 0.6) is 5.75 Å². The molecular weight excluding hydrogens is 270 g/mol. The van der Waals surface area contributed by atoms with Crippen molar-refractivity contribution in [3.8, 4) is 5.75 Å². The standard InChI is InChI=1S/C20H25NO/c1-21-19-11-7-17(8-12-19)18-9-13-20(14-10-18)22-15-16-5-3-2-4-6-16/h2-6,9-10,13-14,17,19,21H,7-8,11-12,15H2,1H3. The summed E-state index contributed by atoms with van der Waals surface area (Å²) in [5, 5.41) is 3.40. The third kappa shape index (κ3) is 3.89. The minimum absolute atomic E-state index is 0.632. The molecule has 0 bridgehead atoms. The van der Waals surface area contributed by atoms with Crippen LogP contribution in [0.25, 0.3) is 0 Å². The van der Waals surface area contributed by atoms with Gasteiger partial charge in [-0.05, 0) is 61.9 Å². The molecule has 0 unspecified atom stereocenters. The Kier molecular flexibility index (Phi) is 5.12. The van der Waals surface area contributed by atoms with E-state index in [4.69, 9.17) is 4.74 Å². The Morgan fingerprint density at radius 1 is 0.909 bits per heavy atom. The largest absolute Gasteiger partial charge is 0.489 e. The van der Waals surface area contributed by atoms with Crippen molar-refractivity contribution in [3.63, 3.8) is 0 Å². The average Bonchev–Trinajstić information content (AvgIpc) is 2.61. The van der Waals surface area contributed by atoms with E-state index in [-0.39, 0.29) is 0 Å². The van der Waals surface area contributed by atoms with Crippen LogP contribution in [0, 0.1) is 0 Å². The number of ether oxygens (including phenoxy) is 1. The number of benzene rings is 2. The van der Waals surface area contributed by atoms with E-state index in [2.05, 4.69) is 48.8 Å². The molecule has 3 rings (SSSR count). The fraction of sp³-hybridized carbons (Fsp3) is 0.400. The first-order chi connectivity index (χ1) is 10.8. The van der Waals surface area contributed by atoms with Crippen LogP contribution in [0.2, 0.25) is 0 Å². The van der Waals surface area contributed by atoms with E-state index in [0.717, 1.165) is 5.75 Å². The molecule has 1 saturated carbocycles. The molecule has 2 heteroatoms. The molecule has 0 spiro atoms. The van der Waals surface area contributed by atoms with Crippen molar-refractivity contribution in [1.29, 1.82) is 0 Å². The summed E-state index contributed by atoms with van der Waals surface area (Å²) in [6.07, 6.45) is 5.15. The Hall–Kier alpha value is -1.80. The first-order valence-electron chi connectivity index (χ1n) is 8.29. The van der Waals surface area contributed by atoms with Gasteiger partial charge in [0.05, 0.1) is 0 Å². The Bertz CT molecular complexity index is 556. The van der Waals surface area contributed by atoms with Gasteiger partial charge in [-0.3, -0.25) is 0 Å². The molecule has 2 aromatic rings. The van der Waals surface area contributed by atoms with Crippen LogP contribution in [0.4, 0.5) is 0 Å². The number of hydrogen-bond donors (Lipinski definition) is 1. The molecular formula is C20H25NO. The minimum atomic E-state index is 0.632. The quantitative estimate of drug-likeness (QED) is 0.876. The molecule has 1 aliphatic rings. The zero-order chi connectivity index (χ0) is 15.2. The van der Waals surface area contributed by atoms with E-state index < -0.39 is 0 Å². The maximum atomic E-state index is 5.86. The lowest BCUT2D eigenvalue weighted by Gasteiger charge is -2.28. The molecule has 0 radical (unpaired) electrons. The lowest BCUT2D eigenvalue weighted by molar-refractivity contribution is 0.306. The molecule has 0 heterocycles. The van der Waals surface area contributed by atoms with Crippen LogP contribution in [-0.2, 0) is 6.61 Å². The summed E-state index contributed by atoms with van der Waals surface area (Å²) >= 11 is 0. The minimum Gasteiger partial charge on any atom is -0.489 e. The van der Waals surface area contributed by atoms with Gasteiger partial charge in [0, 0.05) is 6.04 Å². The van der Waals surface area contributed by atoms with Gasteiger partial charge in [-0.1, -0.05) is 42.5 Å². The summed E-state index contributed by atoms with van der Waals surface area (Å²) in [6, 6.07) is 19.7. The normalized spacial score (nSPS) is 21.5. The summed E-state index contributed by atoms with van der Waals surface area (Å²) < 4.78 is 5.86. The van der Waals surface area contributed by atoms with Gasteiger partial charge in [0.2, 0.25) is 0 Å². The smallest absolute Gasteiger partial charge is 0.119 e. The van der Waals surface area contributed by atoms with Crippen molar-refractivity contribution < 1.29 is 4.74 Å². The highest BCUT2D eigenvalue weighted by atomic mass is 16.5. The molecule has 116 valence electrons. The molecule has 22 heavy (non-hydrogen) atoms. The van der Waals surface area contributed by atoms with Crippen molar-refractivity contribution in [2.75, 3.05) is 7.05 Å². The fourth-order valence-corrected chi connectivity index (χ4v) is 3.29. The summed E-state index contributed by atoms with van der Waals surface area (Å²) in [6.45, 7) is 0.632. The molecule has 0 aliphatic heterocycles. The van der Waals surface area contributed by atoms with Gasteiger partial charge in [0.1, 0.15) is 12.4 Å². The van der Waals surface area contributed by atoms with Gasteiger partial charge in [0.25, 0.3) is 0 Å². The predicted octanol–water partition coefficient (Wildman–Crippen LogP) is 4.51. The second-order valence-corrected chi connectivity index (χ2v) is 6.18. The van der Waals surface area contributed by atoms with Crippen molar-refractivity contribution >= 4 is 0 Å². The monoisotopic (exact) mass is 295 g/mol. The zero-order valence-corrected chi connectivity index (χ0v) is 13.3. The van der Waals surface area contributed by atoms with Crippen molar-refractivity contribution in [1.82, 2.24) is 5.32 Å². The van der Waals surface area contributed by atoms with Gasteiger partial charge in [-0.15, -0.1) is 0 Å². The van der Waals surface area contributed by atoms with Gasteiger partial charge >= 0.3 is 0 Å². The van der Waals surface area contributed by atoms with E-state index in [1.54, 1.807) is 0 Å². The first kappa shape index (κ1) is 15.1. The molecule has 1 N–H and O–H groups in total. The van der Waals surface area contributed by atoms with Crippen LogP contribution in [0.3, 0.4) is 0 Å². The predicted molar refractivity (Wildman–Crippen MR) is 91.3 cm³/mol. The fourth-order valence-electron chi connectivity index (χ4n) is 3.29. The Labute approximate surface area is 133 Å². The van der Waals surface area contributed by atoms with Crippen LogP contribution < -0.4 is 10.1 Å². The maximum Gasteiger partial charge on any atom is 0.119 e. The number of hydrogen-bond acceptors (Lipinski definition) is 2. The first-order valence-corrected chi connectivity index (χ1v) is 8.29. The van der Waals surface area contributed by atoms with Gasteiger partial charge in [-0.25, -0.2) is 0 Å². The van der Waals surface area contributed by atoms with E-state index in [9.17, 15) is 0 Å². The van der Waals surface area contributed by atoms with Gasteiger partial charge < -0.3 is 10.1 Å². The molecule has 1 aliphatic carbocycles. The molecule has 0 aromatic heterocycles. The third-order valence-corrected chi connectivity index (χ3v) is 4.74. The molecule has 2 aromatic carbocycles. The second kappa shape index (κ2) is 7.46. The van der Waals surface area contributed by atoms with Gasteiger partial charge in [0.15, 0.2) is 0 Å². The lowest BCUT2D eigenvalue weighted by atomic mass is 9.82. The topological polar surface area (TPSA) is 21.3 Å². The highest BCUT2D eigenvalue weighted by Crippen LogP contribution is 2.33. The molecule has 1 fully saturated rings. The SMILES string of the molecule is CNC1CCC(c2ccc(OCc3ccccc3)cc2)CC1. The van der Waals surface area contributed by atoms with Crippen LogP contribution in [-0.4, -0.2) is 13.1 Å². The Morgan fingerprint density at radius 2 is 1.59 bits per heavy atom. The van der Waals surface area contributed by atoms with Crippen molar-refractivity contribution in [2.45, 2.75) is 44.2 Å². The summed E-state index contributed by atoms with van der Waals surface area (Å²) in [4.78, 5) is 0. The van der Waals surface area contributed by atoms with E-state index in [1.165, 1.54) is 36.8 Å². The van der Waals surface area contributed by atoms with Crippen LogP contribution in [0.1, 0.15) is 42.7 Å². The highest BCUT2D eigenvalue weighted by Gasteiger charge is 2.21. The highest BCUT2D eigenvalue weighted by molar-refractivity contribution is 5.30. The summed E-state index contributed by atoms with van der Waals surface area (Å²) in [5.41, 5.74) is 2.67. The average molecular weight is 295 g/mol. The zero-order valence-electron chi connectivity index (χ0n) is 13.3. The van der Waals surface area contributed by atoms with Crippen LogP contribution in [0.15, 0.2) is 54.6 Å². The van der Waals surface area contributed by atoms with Gasteiger partial charge in [-0.2, -0.15) is 0 Å². The molecule has 0 amide bonds.